The van der Waals surface area contributed by atoms with Gasteiger partial charge in [0.25, 0.3) is 10.0 Å². The molecule has 7 heteroatoms. The van der Waals surface area contributed by atoms with Crippen LogP contribution < -0.4 is 4.72 Å². The second-order valence-electron chi connectivity index (χ2n) is 7.42. The first kappa shape index (κ1) is 19.3. The van der Waals surface area contributed by atoms with E-state index in [9.17, 15) is 13.2 Å². The molecule has 4 rings (SSSR count). The number of allylic oxidation sites excluding steroid dienone is 1. The summed E-state index contributed by atoms with van der Waals surface area (Å²) in [6.45, 7) is 0.244. The van der Waals surface area contributed by atoms with Gasteiger partial charge in [-0.05, 0) is 54.3 Å². The van der Waals surface area contributed by atoms with E-state index in [0.29, 0.717) is 23.4 Å². The van der Waals surface area contributed by atoms with Gasteiger partial charge in [-0.25, -0.2) is 8.42 Å². The van der Waals surface area contributed by atoms with Crippen molar-refractivity contribution in [3.63, 3.8) is 0 Å². The molecule has 0 spiro atoms. The highest BCUT2D eigenvalue weighted by Gasteiger charge is 2.22. The van der Waals surface area contributed by atoms with Crippen LogP contribution in [-0.2, 0) is 27.8 Å². The zero-order valence-corrected chi connectivity index (χ0v) is 17.2. The van der Waals surface area contributed by atoms with E-state index in [-0.39, 0.29) is 12.5 Å². The van der Waals surface area contributed by atoms with Gasteiger partial charge in [-0.3, -0.25) is 9.52 Å². The molecule has 0 atom stereocenters. The number of amides is 1. The highest BCUT2D eigenvalue weighted by molar-refractivity contribution is 7.96. The Morgan fingerprint density at radius 1 is 1.10 bits per heavy atom. The third kappa shape index (κ3) is 3.91. The molecular formula is C22H23N3O3S. The number of fused-ring (bicyclic) bond motifs is 2. The number of sulfonamides is 1. The van der Waals surface area contributed by atoms with Crippen molar-refractivity contribution in [3.05, 3.63) is 70.8 Å². The van der Waals surface area contributed by atoms with E-state index in [2.05, 4.69) is 4.72 Å². The molecule has 0 fully saturated rings. The summed E-state index contributed by atoms with van der Waals surface area (Å²) in [5.41, 5.74) is 3.52. The quantitative estimate of drug-likeness (QED) is 0.702. The zero-order chi connectivity index (χ0) is 20.6. The molecule has 0 aliphatic heterocycles. The first-order chi connectivity index (χ1) is 13.8. The van der Waals surface area contributed by atoms with E-state index in [4.69, 9.17) is 0 Å². The minimum absolute atomic E-state index is 0.00297. The number of carbonyl (C=O) groups is 1. The molecule has 1 amide bonds. The summed E-state index contributed by atoms with van der Waals surface area (Å²) < 4.78 is 30.3. The van der Waals surface area contributed by atoms with Crippen LogP contribution in [0.4, 0.5) is 5.69 Å². The van der Waals surface area contributed by atoms with Crippen LogP contribution in [0.5, 0.6) is 0 Å². The Balaban J connectivity index is 1.58. The second-order valence-corrected chi connectivity index (χ2v) is 9.16. The van der Waals surface area contributed by atoms with Crippen molar-refractivity contribution in [2.75, 3.05) is 18.8 Å². The van der Waals surface area contributed by atoms with Crippen LogP contribution in [0.3, 0.4) is 0 Å². The fourth-order valence-corrected chi connectivity index (χ4v) is 4.75. The number of aromatic nitrogens is 1. The summed E-state index contributed by atoms with van der Waals surface area (Å²) in [5, 5.41) is 0.875. The van der Waals surface area contributed by atoms with Crippen LogP contribution in [0.2, 0.25) is 0 Å². The van der Waals surface area contributed by atoms with Gasteiger partial charge in [0.15, 0.2) is 0 Å². The molecule has 2 aromatic carbocycles. The number of nitrogens with zero attached hydrogens (tertiary/aromatic N) is 2. The van der Waals surface area contributed by atoms with Crippen molar-refractivity contribution in [2.45, 2.75) is 19.4 Å². The minimum Gasteiger partial charge on any atom is -0.347 e. The number of nitrogens with one attached hydrogen (secondary N) is 1. The Labute approximate surface area is 170 Å². The average molecular weight is 410 g/mol. The van der Waals surface area contributed by atoms with Gasteiger partial charge in [0.1, 0.15) is 6.54 Å². The summed E-state index contributed by atoms with van der Waals surface area (Å²) >= 11 is 0. The molecule has 1 aliphatic carbocycles. The lowest BCUT2D eigenvalue weighted by molar-refractivity contribution is -0.129. The third-order valence-corrected chi connectivity index (χ3v) is 6.70. The number of aryl methyl sites for hydroxylation is 1. The van der Waals surface area contributed by atoms with E-state index < -0.39 is 10.0 Å². The van der Waals surface area contributed by atoms with E-state index >= 15 is 0 Å². The summed E-state index contributed by atoms with van der Waals surface area (Å²) in [7, 11) is -0.185. The maximum Gasteiger partial charge on any atom is 0.258 e. The largest absolute Gasteiger partial charge is 0.347 e. The van der Waals surface area contributed by atoms with Crippen molar-refractivity contribution in [2.24, 2.45) is 0 Å². The van der Waals surface area contributed by atoms with Gasteiger partial charge in [-0.15, -0.1) is 0 Å². The van der Waals surface area contributed by atoms with Crippen LogP contribution in [0, 0.1) is 0 Å². The highest BCUT2D eigenvalue weighted by Crippen LogP contribution is 2.29. The van der Waals surface area contributed by atoms with Gasteiger partial charge in [0.2, 0.25) is 5.91 Å². The van der Waals surface area contributed by atoms with Gasteiger partial charge in [-0.1, -0.05) is 24.3 Å². The lowest BCUT2D eigenvalue weighted by Gasteiger charge is -2.17. The Bertz CT molecular complexity index is 1220. The number of likely N-dealkylation sites (N-methyl/N-ethyl adjacent to an activating group) is 1. The fourth-order valence-electron chi connectivity index (χ4n) is 3.53. The maximum atomic E-state index is 12.9. The molecule has 1 N–H and O–H groups in total. The number of hydrogen-bond acceptors (Lipinski definition) is 3. The molecule has 150 valence electrons. The minimum atomic E-state index is -3.63. The third-order valence-electron chi connectivity index (χ3n) is 5.19. The lowest BCUT2D eigenvalue weighted by atomic mass is 9.98. The van der Waals surface area contributed by atoms with Crippen molar-refractivity contribution in [3.8, 4) is 0 Å². The predicted octanol–water partition coefficient (Wildman–Crippen LogP) is 3.46. The fraction of sp³-hybridized carbons (Fsp3) is 0.227. The van der Waals surface area contributed by atoms with E-state index in [1.54, 1.807) is 37.2 Å². The van der Waals surface area contributed by atoms with Crippen molar-refractivity contribution >= 4 is 38.6 Å². The molecule has 0 radical (unpaired) electrons. The summed E-state index contributed by atoms with van der Waals surface area (Å²) in [5.74, 6) is -0.00297. The molecule has 1 aromatic heterocycles. The molecular weight excluding hydrogens is 386 g/mol. The molecule has 6 nitrogen and oxygen atoms in total. The zero-order valence-electron chi connectivity index (χ0n) is 16.4. The van der Waals surface area contributed by atoms with Crippen LogP contribution in [0.25, 0.3) is 17.0 Å². The lowest BCUT2D eigenvalue weighted by Crippen LogP contribution is -2.25. The number of rotatable bonds is 5. The van der Waals surface area contributed by atoms with Crippen molar-refractivity contribution < 1.29 is 13.2 Å². The number of carbonyl (C=O) groups excluding carboxylic acids is 1. The average Bonchev–Trinajstić information content (AvgIpc) is 3.09. The van der Waals surface area contributed by atoms with Gasteiger partial charge in [-0.2, -0.15) is 0 Å². The maximum absolute atomic E-state index is 12.9. The van der Waals surface area contributed by atoms with Crippen LogP contribution >= 0.6 is 0 Å². The number of benzene rings is 2. The van der Waals surface area contributed by atoms with Gasteiger partial charge in [0.05, 0.1) is 4.91 Å². The van der Waals surface area contributed by atoms with Crippen LogP contribution in [-0.4, -0.2) is 37.9 Å². The summed E-state index contributed by atoms with van der Waals surface area (Å²) in [4.78, 5) is 13.9. The van der Waals surface area contributed by atoms with E-state index in [1.165, 1.54) is 5.56 Å². The van der Waals surface area contributed by atoms with Crippen molar-refractivity contribution in [1.82, 2.24) is 9.47 Å². The first-order valence-corrected chi connectivity index (χ1v) is 10.9. The van der Waals surface area contributed by atoms with Gasteiger partial charge in [0, 0.05) is 36.9 Å². The molecule has 0 bridgehead atoms. The molecule has 3 aromatic rings. The molecule has 0 unspecified atom stereocenters. The second kappa shape index (κ2) is 7.40. The first-order valence-electron chi connectivity index (χ1n) is 9.44. The number of hydrogen-bond donors (Lipinski definition) is 1. The van der Waals surface area contributed by atoms with Crippen molar-refractivity contribution in [1.29, 1.82) is 0 Å². The predicted molar refractivity (Wildman–Crippen MR) is 116 cm³/mol. The Kier molecular flexibility index (Phi) is 4.92. The van der Waals surface area contributed by atoms with Crippen LogP contribution in [0.15, 0.2) is 59.6 Å². The SMILES string of the molecule is CN(C)C(=O)Cn1ccc2cc(NS(=O)(=O)C3=Cc4ccccc4CC3)ccc21. The summed E-state index contributed by atoms with van der Waals surface area (Å²) in [6.07, 6.45) is 4.79. The smallest absolute Gasteiger partial charge is 0.258 e. The normalized spacial score (nSPS) is 13.7. The van der Waals surface area contributed by atoms with E-state index in [1.807, 2.05) is 47.2 Å². The van der Waals surface area contributed by atoms with Crippen LogP contribution in [0.1, 0.15) is 17.5 Å². The standard InChI is InChI=1S/C22H23N3O3S/c1-24(2)22(26)15-25-12-11-18-13-19(8-10-21(18)25)23-29(27,28)20-9-7-16-5-3-4-6-17(16)14-20/h3-6,8,10-14,23H,7,9,15H2,1-2H3. The van der Waals surface area contributed by atoms with E-state index in [0.717, 1.165) is 16.5 Å². The monoisotopic (exact) mass is 409 g/mol. The number of anilines is 1. The molecule has 1 aliphatic rings. The van der Waals surface area contributed by atoms with Gasteiger partial charge >= 0.3 is 0 Å². The molecule has 0 saturated carbocycles. The van der Waals surface area contributed by atoms with Gasteiger partial charge < -0.3 is 9.47 Å². The Morgan fingerprint density at radius 2 is 1.90 bits per heavy atom. The highest BCUT2D eigenvalue weighted by atomic mass is 32.2. The Morgan fingerprint density at radius 3 is 2.69 bits per heavy atom. The molecule has 29 heavy (non-hydrogen) atoms. The summed E-state index contributed by atoms with van der Waals surface area (Å²) in [6, 6.07) is 15.1. The molecule has 0 saturated heterocycles. The molecule has 1 heterocycles. The Hall–Kier alpha value is -3.06. The topological polar surface area (TPSA) is 71.4 Å².